The van der Waals surface area contributed by atoms with Crippen molar-refractivity contribution in [1.29, 1.82) is 0 Å². The lowest BCUT2D eigenvalue weighted by atomic mass is 10.2. The Kier molecular flexibility index (Phi) is 5.51. The predicted octanol–water partition coefficient (Wildman–Crippen LogP) is 1.64. The fourth-order valence-corrected chi connectivity index (χ4v) is 1.35. The number of rotatable bonds is 6. The van der Waals surface area contributed by atoms with Gasteiger partial charge in [-0.15, -0.1) is 0 Å². The molecule has 0 aliphatic rings. The summed E-state index contributed by atoms with van der Waals surface area (Å²) in [7, 11) is 0. The number of carbonyl (C=O) groups excluding carboxylic acids is 1. The molecule has 0 radical (unpaired) electrons. The van der Waals surface area contributed by atoms with Gasteiger partial charge >= 0.3 is 6.61 Å². The van der Waals surface area contributed by atoms with Gasteiger partial charge in [0.05, 0.1) is 0 Å². The first-order chi connectivity index (χ1) is 8.47. The Bertz CT molecular complexity index is 380. The van der Waals surface area contributed by atoms with Crippen molar-refractivity contribution < 1.29 is 18.3 Å². The Morgan fingerprint density at radius 3 is 2.50 bits per heavy atom. The van der Waals surface area contributed by atoms with Gasteiger partial charge in [0.25, 0.3) is 0 Å². The highest BCUT2D eigenvalue weighted by Crippen LogP contribution is 2.14. The van der Waals surface area contributed by atoms with Crippen LogP contribution in [0.25, 0.3) is 0 Å². The summed E-state index contributed by atoms with van der Waals surface area (Å²) in [5.41, 5.74) is 6.28. The molecule has 1 unspecified atom stereocenters. The lowest BCUT2D eigenvalue weighted by Crippen LogP contribution is -2.29. The molecule has 1 aromatic rings. The first kappa shape index (κ1) is 14.4. The van der Waals surface area contributed by atoms with Crippen molar-refractivity contribution in [3.63, 3.8) is 0 Å². The van der Waals surface area contributed by atoms with E-state index in [1.54, 1.807) is 19.1 Å². The minimum Gasteiger partial charge on any atom is -0.435 e. The number of amides is 1. The average molecular weight is 258 g/mol. The van der Waals surface area contributed by atoms with E-state index >= 15 is 0 Å². The summed E-state index contributed by atoms with van der Waals surface area (Å²) in [6, 6.07) is 5.90. The molecule has 0 saturated carbocycles. The van der Waals surface area contributed by atoms with Crippen molar-refractivity contribution in [1.82, 2.24) is 5.32 Å². The number of ether oxygens (including phenoxy) is 1. The third-order valence-electron chi connectivity index (χ3n) is 2.15. The summed E-state index contributed by atoms with van der Waals surface area (Å²) in [5.74, 6) is -0.0476. The van der Waals surface area contributed by atoms with E-state index in [2.05, 4.69) is 10.1 Å². The van der Waals surface area contributed by atoms with Crippen molar-refractivity contribution in [3.8, 4) is 5.75 Å². The molecule has 1 amide bonds. The molecule has 6 heteroatoms. The van der Waals surface area contributed by atoms with E-state index < -0.39 is 6.61 Å². The topological polar surface area (TPSA) is 64.4 Å². The molecule has 0 fully saturated rings. The first-order valence-corrected chi connectivity index (χ1v) is 5.53. The van der Waals surface area contributed by atoms with Crippen molar-refractivity contribution in [3.05, 3.63) is 29.8 Å². The summed E-state index contributed by atoms with van der Waals surface area (Å²) in [6.45, 7) is -0.752. The third-order valence-corrected chi connectivity index (χ3v) is 2.15. The number of hydrogen-bond donors (Lipinski definition) is 2. The van der Waals surface area contributed by atoms with E-state index in [9.17, 15) is 13.6 Å². The highest BCUT2D eigenvalue weighted by molar-refractivity contribution is 5.76. The van der Waals surface area contributed by atoms with Gasteiger partial charge in [-0.1, -0.05) is 12.1 Å². The van der Waals surface area contributed by atoms with E-state index in [0.29, 0.717) is 6.54 Å². The van der Waals surface area contributed by atoms with Gasteiger partial charge in [0.1, 0.15) is 5.75 Å². The Balaban J connectivity index is 2.41. The summed E-state index contributed by atoms with van der Waals surface area (Å²) < 4.78 is 28.0. The van der Waals surface area contributed by atoms with E-state index in [1.165, 1.54) is 12.1 Å². The van der Waals surface area contributed by atoms with Crippen LogP contribution in [0.3, 0.4) is 0 Å². The molecule has 3 N–H and O–H groups in total. The summed E-state index contributed by atoms with van der Waals surface area (Å²) >= 11 is 0. The fourth-order valence-electron chi connectivity index (χ4n) is 1.35. The molecule has 1 rings (SSSR count). The first-order valence-electron chi connectivity index (χ1n) is 5.53. The van der Waals surface area contributed by atoms with Crippen LogP contribution in [-0.4, -0.2) is 18.6 Å². The quantitative estimate of drug-likeness (QED) is 0.815. The Hall–Kier alpha value is -1.69. The zero-order chi connectivity index (χ0) is 13.5. The molecule has 0 heterocycles. The summed E-state index contributed by atoms with van der Waals surface area (Å²) in [5, 5.41) is 2.68. The second-order valence-electron chi connectivity index (χ2n) is 3.98. The average Bonchev–Trinajstić information content (AvgIpc) is 2.26. The van der Waals surface area contributed by atoms with Crippen LogP contribution in [0.5, 0.6) is 5.75 Å². The van der Waals surface area contributed by atoms with Gasteiger partial charge < -0.3 is 15.8 Å². The predicted molar refractivity (Wildman–Crippen MR) is 63.2 cm³/mol. The maximum Gasteiger partial charge on any atom is 0.387 e. The van der Waals surface area contributed by atoms with Crippen LogP contribution in [0.4, 0.5) is 8.78 Å². The van der Waals surface area contributed by atoms with Gasteiger partial charge in [0.15, 0.2) is 0 Å². The SMILES string of the molecule is CC(N)CC(=O)NCc1ccc(OC(F)F)cc1. The molecule has 18 heavy (non-hydrogen) atoms. The molecule has 0 aliphatic heterocycles. The van der Waals surface area contributed by atoms with Gasteiger partial charge in [-0.05, 0) is 24.6 Å². The Morgan fingerprint density at radius 1 is 1.39 bits per heavy atom. The monoisotopic (exact) mass is 258 g/mol. The van der Waals surface area contributed by atoms with Crippen LogP contribution in [0, 0.1) is 0 Å². The standard InChI is InChI=1S/C12H16F2N2O2/c1-8(15)6-11(17)16-7-9-2-4-10(5-3-9)18-12(13)14/h2-5,8,12H,6-7,15H2,1H3,(H,16,17). The van der Waals surface area contributed by atoms with Gasteiger partial charge in [-0.3, -0.25) is 4.79 Å². The van der Waals surface area contributed by atoms with E-state index in [4.69, 9.17) is 5.73 Å². The molecule has 1 aromatic carbocycles. The van der Waals surface area contributed by atoms with E-state index in [1.807, 2.05) is 0 Å². The zero-order valence-corrected chi connectivity index (χ0v) is 10.0. The summed E-state index contributed by atoms with van der Waals surface area (Å²) in [6.07, 6.45) is 0.257. The van der Waals surface area contributed by atoms with Crippen molar-refractivity contribution in [2.24, 2.45) is 5.73 Å². The number of nitrogens with one attached hydrogen (secondary N) is 1. The Labute approximate surface area is 104 Å². The molecule has 0 spiro atoms. The Morgan fingerprint density at radius 2 is 2.00 bits per heavy atom. The van der Waals surface area contributed by atoms with Crippen molar-refractivity contribution in [2.75, 3.05) is 0 Å². The second kappa shape index (κ2) is 6.90. The maximum atomic E-state index is 11.9. The smallest absolute Gasteiger partial charge is 0.387 e. The molecule has 4 nitrogen and oxygen atoms in total. The lowest BCUT2D eigenvalue weighted by molar-refractivity contribution is -0.121. The normalized spacial score (nSPS) is 12.3. The number of hydrogen-bond acceptors (Lipinski definition) is 3. The highest BCUT2D eigenvalue weighted by atomic mass is 19.3. The fraction of sp³-hybridized carbons (Fsp3) is 0.417. The summed E-state index contributed by atoms with van der Waals surface area (Å²) in [4.78, 5) is 11.3. The minimum atomic E-state index is -2.83. The van der Waals surface area contributed by atoms with Gasteiger partial charge in [-0.25, -0.2) is 0 Å². The lowest BCUT2D eigenvalue weighted by Gasteiger charge is -2.08. The molecule has 100 valence electrons. The number of alkyl halides is 2. The number of carbonyl (C=O) groups is 1. The molecule has 1 atom stereocenters. The number of benzene rings is 1. The van der Waals surface area contributed by atoms with Gasteiger partial charge in [-0.2, -0.15) is 8.78 Å². The minimum absolute atomic E-state index is 0.0932. The highest BCUT2D eigenvalue weighted by Gasteiger charge is 2.06. The van der Waals surface area contributed by atoms with E-state index in [0.717, 1.165) is 5.56 Å². The molecular formula is C12H16F2N2O2. The molecular weight excluding hydrogens is 242 g/mol. The molecule has 0 aromatic heterocycles. The van der Waals surface area contributed by atoms with Crippen LogP contribution in [0.15, 0.2) is 24.3 Å². The van der Waals surface area contributed by atoms with Crippen molar-refractivity contribution >= 4 is 5.91 Å². The van der Waals surface area contributed by atoms with Crippen LogP contribution < -0.4 is 15.8 Å². The largest absolute Gasteiger partial charge is 0.435 e. The molecule has 0 saturated heterocycles. The maximum absolute atomic E-state index is 11.9. The van der Waals surface area contributed by atoms with Crippen LogP contribution >= 0.6 is 0 Å². The van der Waals surface area contributed by atoms with Crippen LogP contribution in [-0.2, 0) is 11.3 Å². The van der Waals surface area contributed by atoms with Crippen LogP contribution in [0.1, 0.15) is 18.9 Å². The van der Waals surface area contributed by atoms with Gasteiger partial charge in [0, 0.05) is 19.0 Å². The molecule has 0 aliphatic carbocycles. The van der Waals surface area contributed by atoms with Crippen LogP contribution in [0.2, 0.25) is 0 Å². The zero-order valence-electron chi connectivity index (χ0n) is 10.0. The molecule has 0 bridgehead atoms. The van der Waals surface area contributed by atoms with Crippen molar-refractivity contribution in [2.45, 2.75) is 32.5 Å². The van der Waals surface area contributed by atoms with Gasteiger partial charge in [0.2, 0.25) is 5.91 Å². The van der Waals surface area contributed by atoms with E-state index in [-0.39, 0.29) is 24.1 Å². The third kappa shape index (κ3) is 5.58. The second-order valence-corrected chi connectivity index (χ2v) is 3.98. The number of halogens is 2. The number of nitrogens with two attached hydrogens (primary N) is 1.